The van der Waals surface area contributed by atoms with Crippen LogP contribution in [0.4, 0.5) is 26.7 Å². The van der Waals surface area contributed by atoms with Crippen molar-refractivity contribution in [2.24, 2.45) is 5.92 Å². The number of nitrogens with one attached hydrogen (secondary N) is 3. The Hall–Kier alpha value is -5.29. The molecule has 0 saturated heterocycles. The topological polar surface area (TPSA) is 132 Å². The highest BCUT2D eigenvalue weighted by Crippen LogP contribution is 2.31. The van der Waals surface area contributed by atoms with Crippen molar-refractivity contribution < 1.29 is 29.0 Å². The third-order valence-corrected chi connectivity index (χ3v) is 8.10. The average Bonchev–Trinajstić information content (AvgIpc) is 3.06. The zero-order valence-electron chi connectivity index (χ0n) is 26.3. The highest BCUT2D eigenvalue weighted by atomic mass is 16.5. The minimum Gasteiger partial charge on any atom is -0.497 e. The Bertz CT molecular complexity index is 1710. The summed E-state index contributed by atoms with van der Waals surface area (Å²) < 4.78 is 11.6. The summed E-state index contributed by atoms with van der Waals surface area (Å²) in [6.45, 7) is 4.01. The number of amides is 5. The highest BCUT2D eigenvalue weighted by molar-refractivity contribution is 6.07. The first-order chi connectivity index (χ1) is 22.2. The van der Waals surface area contributed by atoms with Crippen molar-refractivity contribution in [3.8, 4) is 11.5 Å². The van der Waals surface area contributed by atoms with E-state index in [1.165, 1.54) is 4.90 Å². The molecule has 240 valence electrons. The van der Waals surface area contributed by atoms with Crippen LogP contribution in [0, 0.1) is 5.92 Å². The third kappa shape index (κ3) is 7.32. The molecule has 0 aliphatic carbocycles. The van der Waals surface area contributed by atoms with Crippen LogP contribution in [0.3, 0.4) is 0 Å². The number of rotatable bonds is 8. The minimum absolute atomic E-state index is 0.188. The van der Waals surface area contributed by atoms with Gasteiger partial charge >= 0.3 is 12.1 Å². The molecule has 5 rings (SSSR count). The van der Waals surface area contributed by atoms with Crippen molar-refractivity contribution in [3.05, 3.63) is 90.5 Å². The van der Waals surface area contributed by atoms with Crippen molar-refractivity contribution in [2.75, 3.05) is 49.8 Å². The Morgan fingerprint density at radius 3 is 2.46 bits per heavy atom. The normalized spacial score (nSPS) is 16.7. The van der Waals surface area contributed by atoms with E-state index in [2.05, 4.69) is 16.0 Å². The number of aliphatic hydroxyl groups excluding tert-OH is 1. The van der Waals surface area contributed by atoms with E-state index in [1.54, 1.807) is 68.4 Å². The number of nitrogens with zero attached hydrogens (tertiary/aromatic N) is 2. The van der Waals surface area contributed by atoms with E-state index in [4.69, 9.17) is 9.47 Å². The number of carbonyl (C=O) groups is 3. The molecule has 1 heterocycles. The van der Waals surface area contributed by atoms with Gasteiger partial charge < -0.3 is 40.3 Å². The second-order valence-corrected chi connectivity index (χ2v) is 11.5. The lowest BCUT2D eigenvalue weighted by Crippen LogP contribution is -2.50. The quantitative estimate of drug-likeness (QED) is 0.194. The molecule has 0 fully saturated rings. The summed E-state index contributed by atoms with van der Waals surface area (Å²) in [5, 5.41) is 20.5. The fourth-order valence-corrected chi connectivity index (χ4v) is 5.38. The van der Waals surface area contributed by atoms with E-state index >= 15 is 0 Å². The van der Waals surface area contributed by atoms with E-state index in [0.29, 0.717) is 28.6 Å². The first-order valence-electron chi connectivity index (χ1n) is 15.1. The Balaban J connectivity index is 1.35. The number of urea groups is 2. The summed E-state index contributed by atoms with van der Waals surface area (Å²) in [4.78, 5) is 43.0. The van der Waals surface area contributed by atoms with Gasteiger partial charge in [0.2, 0.25) is 0 Å². The van der Waals surface area contributed by atoms with Crippen molar-refractivity contribution in [2.45, 2.75) is 26.0 Å². The van der Waals surface area contributed by atoms with Gasteiger partial charge in [0, 0.05) is 36.3 Å². The first kappa shape index (κ1) is 32.1. The summed E-state index contributed by atoms with van der Waals surface area (Å²) in [7, 11) is 3.25. The minimum atomic E-state index is -0.486. The van der Waals surface area contributed by atoms with Gasteiger partial charge in [-0.25, -0.2) is 9.59 Å². The Morgan fingerprint density at radius 2 is 1.72 bits per heavy atom. The number of benzene rings is 4. The molecule has 0 unspecified atom stereocenters. The summed E-state index contributed by atoms with van der Waals surface area (Å²) in [6.07, 6.45) is -0.486. The average molecular weight is 626 g/mol. The number of aliphatic hydroxyl groups is 1. The lowest BCUT2D eigenvalue weighted by molar-refractivity contribution is 0.0371. The van der Waals surface area contributed by atoms with Crippen LogP contribution in [0.25, 0.3) is 10.8 Å². The summed E-state index contributed by atoms with van der Waals surface area (Å²) in [6, 6.07) is 24.1. The molecule has 0 spiro atoms. The zero-order valence-corrected chi connectivity index (χ0v) is 26.3. The lowest BCUT2D eigenvalue weighted by atomic mass is 9.99. The Labute approximate surface area is 268 Å². The lowest BCUT2D eigenvalue weighted by Gasteiger charge is -2.38. The molecule has 11 nitrogen and oxygen atoms in total. The van der Waals surface area contributed by atoms with Gasteiger partial charge in [0.25, 0.3) is 5.91 Å². The number of anilines is 3. The van der Waals surface area contributed by atoms with E-state index in [9.17, 15) is 19.5 Å². The molecule has 4 aromatic rings. The summed E-state index contributed by atoms with van der Waals surface area (Å²) in [5.41, 5.74) is 1.91. The molecular formula is C35H39N5O6. The van der Waals surface area contributed by atoms with Gasteiger partial charge in [-0.15, -0.1) is 0 Å². The maximum Gasteiger partial charge on any atom is 0.323 e. The summed E-state index contributed by atoms with van der Waals surface area (Å²) in [5.74, 6) is 0.486. The van der Waals surface area contributed by atoms with Crippen LogP contribution < -0.4 is 25.4 Å². The third-order valence-electron chi connectivity index (χ3n) is 8.10. The largest absolute Gasteiger partial charge is 0.497 e. The first-order valence-corrected chi connectivity index (χ1v) is 15.1. The molecule has 0 saturated carbocycles. The van der Waals surface area contributed by atoms with E-state index < -0.39 is 18.2 Å². The number of hydrogen-bond donors (Lipinski definition) is 4. The van der Waals surface area contributed by atoms with E-state index in [-0.39, 0.29) is 43.1 Å². The van der Waals surface area contributed by atoms with E-state index in [0.717, 1.165) is 10.8 Å². The van der Waals surface area contributed by atoms with Gasteiger partial charge in [-0.05, 0) is 60.8 Å². The molecule has 0 radical (unpaired) electrons. The fourth-order valence-electron chi connectivity index (χ4n) is 5.38. The smallest absolute Gasteiger partial charge is 0.323 e. The van der Waals surface area contributed by atoms with Crippen LogP contribution in [-0.4, -0.2) is 78.9 Å². The Kier molecular flexibility index (Phi) is 9.92. The predicted molar refractivity (Wildman–Crippen MR) is 179 cm³/mol. The van der Waals surface area contributed by atoms with Gasteiger partial charge in [-0.2, -0.15) is 0 Å². The van der Waals surface area contributed by atoms with Crippen LogP contribution in [0.5, 0.6) is 11.5 Å². The Morgan fingerprint density at radius 1 is 1.00 bits per heavy atom. The second kappa shape index (κ2) is 14.2. The second-order valence-electron chi connectivity index (χ2n) is 11.5. The fraction of sp³-hybridized carbons (Fsp3) is 0.286. The molecule has 1 aliphatic rings. The summed E-state index contributed by atoms with van der Waals surface area (Å²) >= 11 is 0. The number of fused-ring (bicyclic) bond motifs is 2. The van der Waals surface area contributed by atoms with Crippen LogP contribution >= 0.6 is 0 Å². The highest BCUT2D eigenvalue weighted by Gasteiger charge is 2.34. The molecular weight excluding hydrogens is 586 g/mol. The molecule has 3 atom stereocenters. The molecule has 4 N–H and O–H groups in total. The van der Waals surface area contributed by atoms with Gasteiger partial charge in [-0.3, -0.25) is 4.79 Å². The van der Waals surface area contributed by atoms with Crippen LogP contribution in [0.2, 0.25) is 0 Å². The molecule has 11 heteroatoms. The van der Waals surface area contributed by atoms with Crippen molar-refractivity contribution in [1.82, 2.24) is 9.80 Å². The van der Waals surface area contributed by atoms with Gasteiger partial charge in [-0.1, -0.05) is 43.3 Å². The molecule has 5 amide bonds. The molecule has 4 aromatic carbocycles. The monoisotopic (exact) mass is 625 g/mol. The zero-order chi connectivity index (χ0) is 32.8. The van der Waals surface area contributed by atoms with Gasteiger partial charge in [0.15, 0.2) is 0 Å². The van der Waals surface area contributed by atoms with Crippen LogP contribution in [0.15, 0.2) is 84.9 Å². The van der Waals surface area contributed by atoms with Gasteiger partial charge in [0.05, 0.1) is 37.6 Å². The van der Waals surface area contributed by atoms with Gasteiger partial charge in [0.1, 0.15) is 17.6 Å². The number of likely N-dealkylation sites (N-methyl/N-ethyl adjacent to an activating group) is 1. The van der Waals surface area contributed by atoms with E-state index in [1.807, 2.05) is 49.4 Å². The molecule has 0 bridgehead atoms. The SMILES string of the molecule is COc1ccc(NC(=O)N(C)C[C@@H]2Oc3ccc(NC(=O)Nc4cccc5ccccc45)cc3C(=O)N([C@@H](C)CO)C[C@@H]2C)cc1. The van der Waals surface area contributed by atoms with Crippen LogP contribution in [-0.2, 0) is 0 Å². The maximum absolute atomic E-state index is 13.8. The van der Waals surface area contributed by atoms with Crippen molar-refractivity contribution >= 4 is 45.8 Å². The van der Waals surface area contributed by atoms with Crippen molar-refractivity contribution in [3.63, 3.8) is 0 Å². The standard InChI is InChI=1S/C35H39N5O6/c1-22-19-40(23(2)21-41)33(42)29-18-26(36-34(43)38-30-11-7-9-24-8-5-6-10-28(24)30)14-17-31(29)46-32(22)20-39(3)35(44)37-25-12-15-27(45-4)16-13-25/h5-18,22-23,32,41H,19-21H2,1-4H3,(H,37,44)(H2,36,38,43)/t22-,23-,32-/m0/s1. The molecule has 0 aromatic heterocycles. The van der Waals surface area contributed by atoms with Crippen LogP contribution in [0.1, 0.15) is 24.2 Å². The predicted octanol–water partition coefficient (Wildman–Crippen LogP) is 5.88. The number of methoxy groups -OCH3 is 1. The maximum atomic E-state index is 13.8. The van der Waals surface area contributed by atoms with Crippen molar-refractivity contribution in [1.29, 1.82) is 0 Å². The molecule has 46 heavy (non-hydrogen) atoms. The molecule has 1 aliphatic heterocycles. The number of hydrogen-bond acceptors (Lipinski definition) is 6. The number of carbonyl (C=O) groups excluding carboxylic acids is 3. The number of ether oxygens (including phenoxy) is 2.